The smallest absolute Gasteiger partial charge is 0.0593 e. The predicted octanol–water partition coefficient (Wildman–Crippen LogP) is 3.18. The topological polar surface area (TPSA) is 32.3 Å². The van der Waals surface area contributed by atoms with Crippen molar-refractivity contribution < 1.29 is 5.11 Å². The standard InChI is InChI=1S/C18H23NO/c1-2-13-19-17(14-20)18(15-9-5-3-6-10-15)16-11-7-4-8-12-16/h3-12,17-20H,2,13-14H2,1H3. The van der Waals surface area contributed by atoms with E-state index in [4.69, 9.17) is 0 Å². The normalized spacial score (nSPS) is 12.6. The van der Waals surface area contributed by atoms with Gasteiger partial charge in [0.2, 0.25) is 0 Å². The van der Waals surface area contributed by atoms with Crippen molar-refractivity contribution >= 4 is 0 Å². The molecule has 0 aliphatic heterocycles. The fourth-order valence-corrected chi connectivity index (χ4v) is 2.60. The van der Waals surface area contributed by atoms with E-state index in [0.29, 0.717) is 0 Å². The third kappa shape index (κ3) is 3.69. The van der Waals surface area contributed by atoms with Crippen molar-refractivity contribution in [2.45, 2.75) is 25.3 Å². The van der Waals surface area contributed by atoms with Gasteiger partial charge in [0, 0.05) is 12.0 Å². The average Bonchev–Trinajstić information content (AvgIpc) is 2.53. The molecule has 0 amide bonds. The third-order valence-corrected chi connectivity index (χ3v) is 3.57. The van der Waals surface area contributed by atoms with Gasteiger partial charge in [-0.2, -0.15) is 0 Å². The van der Waals surface area contributed by atoms with Crippen LogP contribution < -0.4 is 5.32 Å². The highest BCUT2D eigenvalue weighted by Gasteiger charge is 2.23. The maximum atomic E-state index is 9.78. The average molecular weight is 269 g/mol. The molecule has 2 heteroatoms. The molecule has 0 spiro atoms. The Morgan fingerprint density at radius 2 is 1.40 bits per heavy atom. The van der Waals surface area contributed by atoms with Gasteiger partial charge >= 0.3 is 0 Å². The SMILES string of the molecule is CCCNC(CO)C(c1ccccc1)c1ccccc1. The second kappa shape index (κ2) is 7.83. The van der Waals surface area contributed by atoms with Gasteiger partial charge in [-0.1, -0.05) is 67.6 Å². The number of rotatable bonds is 7. The zero-order chi connectivity index (χ0) is 14.2. The molecular formula is C18H23NO. The molecule has 0 fully saturated rings. The van der Waals surface area contributed by atoms with Gasteiger partial charge in [-0.05, 0) is 24.1 Å². The van der Waals surface area contributed by atoms with Gasteiger partial charge in [0.1, 0.15) is 0 Å². The first-order chi connectivity index (χ1) is 9.86. The highest BCUT2D eigenvalue weighted by Crippen LogP contribution is 2.27. The quantitative estimate of drug-likeness (QED) is 0.809. The monoisotopic (exact) mass is 269 g/mol. The molecular weight excluding hydrogens is 246 g/mol. The predicted molar refractivity (Wildman–Crippen MR) is 83.9 cm³/mol. The van der Waals surface area contributed by atoms with Crippen LogP contribution in [0.15, 0.2) is 60.7 Å². The van der Waals surface area contributed by atoms with E-state index in [-0.39, 0.29) is 18.6 Å². The molecule has 106 valence electrons. The lowest BCUT2D eigenvalue weighted by Gasteiger charge is -2.27. The lowest BCUT2D eigenvalue weighted by atomic mass is 9.85. The van der Waals surface area contributed by atoms with Gasteiger partial charge in [-0.3, -0.25) is 0 Å². The summed E-state index contributed by atoms with van der Waals surface area (Å²) in [5, 5.41) is 13.2. The van der Waals surface area contributed by atoms with E-state index in [2.05, 4.69) is 60.8 Å². The Balaban J connectivity index is 2.33. The summed E-state index contributed by atoms with van der Waals surface area (Å²) in [6.45, 7) is 3.19. The fraction of sp³-hybridized carbons (Fsp3) is 0.333. The summed E-state index contributed by atoms with van der Waals surface area (Å²) < 4.78 is 0. The lowest BCUT2D eigenvalue weighted by Crippen LogP contribution is -2.39. The summed E-state index contributed by atoms with van der Waals surface area (Å²) in [4.78, 5) is 0. The van der Waals surface area contributed by atoms with E-state index in [0.717, 1.165) is 13.0 Å². The molecule has 0 bridgehead atoms. The Morgan fingerprint density at radius 3 is 1.80 bits per heavy atom. The van der Waals surface area contributed by atoms with E-state index < -0.39 is 0 Å². The van der Waals surface area contributed by atoms with Crippen molar-refractivity contribution in [1.29, 1.82) is 0 Å². The Morgan fingerprint density at radius 1 is 0.900 bits per heavy atom. The second-order valence-electron chi connectivity index (χ2n) is 5.04. The first-order valence-electron chi connectivity index (χ1n) is 7.31. The van der Waals surface area contributed by atoms with E-state index in [1.165, 1.54) is 11.1 Å². The van der Waals surface area contributed by atoms with E-state index in [1.807, 2.05) is 12.1 Å². The van der Waals surface area contributed by atoms with E-state index in [9.17, 15) is 5.11 Å². The van der Waals surface area contributed by atoms with Crippen LogP contribution in [0, 0.1) is 0 Å². The summed E-state index contributed by atoms with van der Waals surface area (Å²) in [7, 11) is 0. The summed E-state index contributed by atoms with van der Waals surface area (Å²) in [5.41, 5.74) is 2.47. The van der Waals surface area contributed by atoms with Crippen molar-refractivity contribution in [3.63, 3.8) is 0 Å². The molecule has 0 aromatic heterocycles. The first kappa shape index (κ1) is 14.8. The molecule has 2 aromatic carbocycles. The van der Waals surface area contributed by atoms with Gasteiger partial charge in [0.05, 0.1) is 6.61 Å². The van der Waals surface area contributed by atoms with Gasteiger partial charge in [-0.25, -0.2) is 0 Å². The highest BCUT2D eigenvalue weighted by atomic mass is 16.3. The van der Waals surface area contributed by atoms with Gasteiger partial charge in [0.15, 0.2) is 0 Å². The van der Waals surface area contributed by atoms with Crippen LogP contribution in [0.25, 0.3) is 0 Å². The zero-order valence-corrected chi connectivity index (χ0v) is 12.0. The van der Waals surface area contributed by atoms with Crippen LogP contribution >= 0.6 is 0 Å². The molecule has 0 aliphatic carbocycles. The van der Waals surface area contributed by atoms with Crippen LogP contribution in [-0.2, 0) is 0 Å². The molecule has 2 nitrogen and oxygen atoms in total. The van der Waals surface area contributed by atoms with Crippen LogP contribution in [-0.4, -0.2) is 24.3 Å². The largest absolute Gasteiger partial charge is 0.395 e. The molecule has 0 aliphatic rings. The zero-order valence-electron chi connectivity index (χ0n) is 12.0. The summed E-state index contributed by atoms with van der Waals surface area (Å²) >= 11 is 0. The molecule has 0 radical (unpaired) electrons. The van der Waals surface area contributed by atoms with Gasteiger partial charge < -0.3 is 10.4 Å². The number of benzene rings is 2. The number of nitrogens with one attached hydrogen (secondary N) is 1. The Bertz CT molecular complexity index is 444. The molecule has 0 saturated heterocycles. The molecule has 2 N–H and O–H groups in total. The maximum absolute atomic E-state index is 9.78. The number of aliphatic hydroxyl groups is 1. The van der Waals surface area contributed by atoms with Crippen LogP contribution in [0.2, 0.25) is 0 Å². The summed E-state index contributed by atoms with van der Waals surface area (Å²) in [6.07, 6.45) is 1.06. The minimum atomic E-state index is 0.0414. The van der Waals surface area contributed by atoms with E-state index >= 15 is 0 Å². The Hall–Kier alpha value is -1.64. The Labute approximate surface area is 121 Å². The molecule has 20 heavy (non-hydrogen) atoms. The van der Waals surface area contributed by atoms with Crippen molar-refractivity contribution in [3.8, 4) is 0 Å². The van der Waals surface area contributed by atoms with Crippen LogP contribution in [0.5, 0.6) is 0 Å². The third-order valence-electron chi connectivity index (χ3n) is 3.57. The van der Waals surface area contributed by atoms with E-state index in [1.54, 1.807) is 0 Å². The molecule has 2 rings (SSSR count). The van der Waals surface area contributed by atoms with Crippen molar-refractivity contribution in [3.05, 3.63) is 71.8 Å². The van der Waals surface area contributed by atoms with Gasteiger partial charge in [-0.15, -0.1) is 0 Å². The fourth-order valence-electron chi connectivity index (χ4n) is 2.60. The summed E-state index contributed by atoms with van der Waals surface area (Å²) in [5.74, 6) is 0.175. The number of hydrogen-bond acceptors (Lipinski definition) is 2. The van der Waals surface area contributed by atoms with Crippen LogP contribution in [0.3, 0.4) is 0 Å². The van der Waals surface area contributed by atoms with Crippen LogP contribution in [0.1, 0.15) is 30.4 Å². The molecule has 2 aromatic rings. The summed E-state index contributed by atoms with van der Waals surface area (Å²) in [6, 6.07) is 20.8. The minimum absolute atomic E-state index is 0.0414. The van der Waals surface area contributed by atoms with Gasteiger partial charge in [0.25, 0.3) is 0 Å². The Kier molecular flexibility index (Phi) is 5.78. The number of hydrogen-bond donors (Lipinski definition) is 2. The van der Waals surface area contributed by atoms with Crippen molar-refractivity contribution in [1.82, 2.24) is 5.32 Å². The lowest BCUT2D eigenvalue weighted by molar-refractivity contribution is 0.231. The van der Waals surface area contributed by atoms with Crippen LogP contribution in [0.4, 0.5) is 0 Å². The first-order valence-corrected chi connectivity index (χ1v) is 7.31. The van der Waals surface area contributed by atoms with Crippen molar-refractivity contribution in [2.24, 2.45) is 0 Å². The molecule has 0 heterocycles. The molecule has 0 saturated carbocycles. The number of aliphatic hydroxyl groups excluding tert-OH is 1. The second-order valence-corrected chi connectivity index (χ2v) is 5.04. The molecule has 1 atom stereocenters. The minimum Gasteiger partial charge on any atom is -0.395 e. The molecule has 1 unspecified atom stereocenters. The highest BCUT2D eigenvalue weighted by molar-refractivity contribution is 5.34. The van der Waals surface area contributed by atoms with Crippen molar-refractivity contribution in [2.75, 3.05) is 13.2 Å². The maximum Gasteiger partial charge on any atom is 0.0593 e.